The highest BCUT2D eigenvalue weighted by molar-refractivity contribution is 5.97. The van der Waals surface area contributed by atoms with Crippen molar-refractivity contribution in [2.24, 2.45) is 0 Å². The Morgan fingerprint density at radius 1 is 1.24 bits per heavy atom. The highest BCUT2D eigenvalue weighted by atomic mass is 16.5. The van der Waals surface area contributed by atoms with Crippen molar-refractivity contribution in [2.45, 2.75) is 25.8 Å². The van der Waals surface area contributed by atoms with Crippen LogP contribution in [-0.2, 0) is 6.42 Å². The second-order valence-corrected chi connectivity index (χ2v) is 5.75. The summed E-state index contributed by atoms with van der Waals surface area (Å²) in [6, 6.07) is 11.0. The van der Waals surface area contributed by atoms with Crippen LogP contribution in [0.2, 0.25) is 0 Å². The Morgan fingerprint density at radius 2 is 2.04 bits per heavy atom. The van der Waals surface area contributed by atoms with Gasteiger partial charge in [0.15, 0.2) is 17.8 Å². The minimum atomic E-state index is -0.258. The van der Waals surface area contributed by atoms with Crippen molar-refractivity contribution < 1.29 is 18.4 Å². The van der Waals surface area contributed by atoms with Gasteiger partial charge in [-0.25, -0.2) is 4.98 Å². The standard InChI is InChI=1S/C19H20N2O4/c1-13(5-8-16-4-3-11-24-16)21-19(22)17-18(25-12-20-17)14-6-9-15(23-2)10-7-14/h3-4,6-7,9-13H,5,8H2,1-2H3,(H,21,22)/t13-/m1/s1. The Hall–Kier alpha value is -3.02. The molecule has 0 radical (unpaired) electrons. The molecule has 3 aromatic rings. The molecule has 130 valence electrons. The van der Waals surface area contributed by atoms with Crippen LogP contribution >= 0.6 is 0 Å². The van der Waals surface area contributed by atoms with Gasteiger partial charge < -0.3 is 18.9 Å². The minimum Gasteiger partial charge on any atom is -0.497 e. The number of amides is 1. The number of rotatable bonds is 7. The summed E-state index contributed by atoms with van der Waals surface area (Å²) in [6.45, 7) is 1.95. The van der Waals surface area contributed by atoms with Crippen LogP contribution in [0.25, 0.3) is 11.3 Å². The predicted molar refractivity (Wildman–Crippen MR) is 92.4 cm³/mol. The Morgan fingerprint density at radius 3 is 2.72 bits per heavy atom. The summed E-state index contributed by atoms with van der Waals surface area (Å²) in [5.41, 5.74) is 1.04. The van der Waals surface area contributed by atoms with Crippen molar-refractivity contribution in [2.75, 3.05) is 7.11 Å². The average molecular weight is 340 g/mol. The molecule has 1 aromatic carbocycles. The molecule has 0 spiro atoms. The topological polar surface area (TPSA) is 77.5 Å². The number of hydrogen-bond donors (Lipinski definition) is 1. The summed E-state index contributed by atoms with van der Waals surface area (Å²) >= 11 is 0. The van der Waals surface area contributed by atoms with E-state index < -0.39 is 0 Å². The van der Waals surface area contributed by atoms with Crippen LogP contribution in [0.1, 0.15) is 29.6 Å². The molecule has 2 aromatic heterocycles. The number of benzene rings is 1. The fraction of sp³-hybridized carbons (Fsp3) is 0.263. The second kappa shape index (κ2) is 7.70. The SMILES string of the molecule is COc1ccc(-c2ocnc2C(=O)N[C@H](C)CCc2ccco2)cc1. The molecule has 0 aliphatic rings. The summed E-state index contributed by atoms with van der Waals surface area (Å²) in [5.74, 6) is 1.83. The first kappa shape index (κ1) is 16.8. The number of aromatic nitrogens is 1. The van der Waals surface area contributed by atoms with E-state index >= 15 is 0 Å². The molecular weight excluding hydrogens is 320 g/mol. The Bertz CT molecular complexity index is 806. The number of aryl methyl sites for hydroxylation is 1. The Balaban J connectivity index is 1.65. The van der Waals surface area contributed by atoms with Crippen LogP contribution in [0.3, 0.4) is 0 Å². The van der Waals surface area contributed by atoms with Crippen LogP contribution in [0.4, 0.5) is 0 Å². The lowest BCUT2D eigenvalue weighted by atomic mass is 10.1. The maximum Gasteiger partial charge on any atom is 0.274 e. The zero-order valence-corrected chi connectivity index (χ0v) is 14.2. The highest BCUT2D eigenvalue weighted by Crippen LogP contribution is 2.25. The van der Waals surface area contributed by atoms with E-state index in [1.807, 2.05) is 43.3 Å². The van der Waals surface area contributed by atoms with Crippen molar-refractivity contribution in [1.29, 1.82) is 0 Å². The van der Waals surface area contributed by atoms with Gasteiger partial charge in [-0.15, -0.1) is 0 Å². The number of carbonyl (C=O) groups excluding carboxylic acids is 1. The quantitative estimate of drug-likeness (QED) is 0.710. The van der Waals surface area contributed by atoms with Crippen LogP contribution in [0.5, 0.6) is 5.75 Å². The number of methoxy groups -OCH3 is 1. The summed E-state index contributed by atoms with van der Waals surface area (Å²) in [5, 5.41) is 2.95. The zero-order valence-electron chi connectivity index (χ0n) is 14.2. The minimum absolute atomic E-state index is 0.0157. The van der Waals surface area contributed by atoms with Gasteiger partial charge in [0.1, 0.15) is 11.5 Å². The van der Waals surface area contributed by atoms with E-state index in [4.69, 9.17) is 13.6 Å². The van der Waals surface area contributed by atoms with Crippen molar-refractivity contribution >= 4 is 5.91 Å². The number of oxazole rings is 1. The first-order valence-electron chi connectivity index (χ1n) is 8.08. The molecule has 1 N–H and O–H groups in total. The van der Waals surface area contributed by atoms with Crippen LogP contribution < -0.4 is 10.1 Å². The average Bonchev–Trinajstić information content (AvgIpc) is 3.31. The number of furan rings is 1. The zero-order chi connectivity index (χ0) is 17.6. The summed E-state index contributed by atoms with van der Waals surface area (Å²) in [4.78, 5) is 16.6. The molecule has 0 bridgehead atoms. The van der Waals surface area contributed by atoms with Gasteiger partial charge in [-0.1, -0.05) is 0 Å². The highest BCUT2D eigenvalue weighted by Gasteiger charge is 2.20. The van der Waals surface area contributed by atoms with Crippen molar-refractivity contribution in [3.8, 4) is 17.1 Å². The molecule has 0 saturated heterocycles. The fourth-order valence-corrected chi connectivity index (χ4v) is 2.53. The molecule has 0 fully saturated rings. The fourth-order valence-electron chi connectivity index (χ4n) is 2.53. The number of nitrogens with one attached hydrogen (secondary N) is 1. The van der Waals surface area contributed by atoms with Gasteiger partial charge in [0.25, 0.3) is 5.91 Å². The van der Waals surface area contributed by atoms with Crippen molar-refractivity contribution in [3.05, 3.63) is 60.5 Å². The number of nitrogens with zero attached hydrogens (tertiary/aromatic N) is 1. The monoisotopic (exact) mass is 340 g/mol. The molecule has 1 atom stereocenters. The van der Waals surface area contributed by atoms with E-state index in [0.29, 0.717) is 5.76 Å². The summed E-state index contributed by atoms with van der Waals surface area (Å²) in [7, 11) is 1.60. The molecule has 25 heavy (non-hydrogen) atoms. The van der Waals surface area contributed by atoms with Crippen molar-refractivity contribution in [3.63, 3.8) is 0 Å². The summed E-state index contributed by atoms with van der Waals surface area (Å²) in [6.07, 6.45) is 4.46. The van der Waals surface area contributed by atoms with Gasteiger partial charge >= 0.3 is 0 Å². The molecule has 0 saturated carbocycles. The maximum atomic E-state index is 12.5. The normalized spacial score (nSPS) is 11.9. The molecule has 0 unspecified atom stereocenters. The Kier molecular flexibility index (Phi) is 5.18. The second-order valence-electron chi connectivity index (χ2n) is 5.75. The van der Waals surface area contributed by atoms with Gasteiger partial charge in [0.2, 0.25) is 0 Å². The van der Waals surface area contributed by atoms with Gasteiger partial charge in [-0.2, -0.15) is 0 Å². The third-order valence-corrected chi connectivity index (χ3v) is 3.92. The number of ether oxygens (including phenoxy) is 1. The van der Waals surface area contributed by atoms with Gasteiger partial charge in [0.05, 0.1) is 13.4 Å². The van der Waals surface area contributed by atoms with Crippen LogP contribution in [0, 0.1) is 0 Å². The molecule has 1 amide bonds. The third-order valence-electron chi connectivity index (χ3n) is 3.92. The van der Waals surface area contributed by atoms with E-state index in [1.54, 1.807) is 13.4 Å². The number of hydrogen-bond acceptors (Lipinski definition) is 5. The maximum absolute atomic E-state index is 12.5. The first-order valence-corrected chi connectivity index (χ1v) is 8.08. The van der Waals surface area contributed by atoms with Gasteiger partial charge in [0, 0.05) is 18.0 Å². The Labute approximate surface area is 145 Å². The van der Waals surface area contributed by atoms with Crippen LogP contribution in [-0.4, -0.2) is 24.0 Å². The molecular formula is C19H20N2O4. The lowest BCUT2D eigenvalue weighted by Crippen LogP contribution is -2.33. The molecule has 0 aliphatic heterocycles. The molecule has 6 nitrogen and oxygen atoms in total. The van der Waals surface area contributed by atoms with E-state index in [1.165, 1.54) is 6.39 Å². The van der Waals surface area contributed by atoms with E-state index in [9.17, 15) is 4.79 Å². The molecule has 6 heteroatoms. The van der Waals surface area contributed by atoms with Gasteiger partial charge in [-0.05, 0) is 49.7 Å². The number of carbonyl (C=O) groups is 1. The smallest absolute Gasteiger partial charge is 0.274 e. The molecule has 3 rings (SSSR count). The molecule has 2 heterocycles. The van der Waals surface area contributed by atoms with Gasteiger partial charge in [-0.3, -0.25) is 4.79 Å². The lowest BCUT2D eigenvalue weighted by Gasteiger charge is -2.12. The largest absolute Gasteiger partial charge is 0.497 e. The third kappa shape index (κ3) is 4.09. The lowest BCUT2D eigenvalue weighted by molar-refractivity contribution is 0.0934. The van der Waals surface area contributed by atoms with E-state index in [2.05, 4.69) is 10.3 Å². The van der Waals surface area contributed by atoms with Crippen LogP contribution in [0.15, 0.2) is 57.9 Å². The predicted octanol–water partition coefficient (Wildman–Crippen LogP) is 3.69. The van der Waals surface area contributed by atoms with Crippen molar-refractivity contribution in [1.82, 2.24) is 10.3 Å². The first-order chi connectivity index (χ1) is 12.2. The van der Waals surface area contributed by atoms with E-state index in [0.717, 1.165) is 29.9 Å². The molecule has 0 aliphatic carbocycles. The van der Waals surface area contributed by atoms with E-state index in [-0.39, 0.29) is 17.6 Å². The summed E-state index contributed by atoms with van der Waals surface area (Å²) < 4.78 is 15.9.